The summed E-state index contributed by atoms with van der Waals surface area (Å²) in [6.07, 6.45) is 8.68. The molecule has 1 N–H and O–H groups in total. The van der Waals surface area contributed by atoms with E-state index in [4.69, 9.17) is 0 Å². The van der Waals surface area contributed by atoms with Crippen LogP contribution in [0.25, 0.3) is 10.2 Å². The maximum Gasteiger partial charge on any atom is 0.130 e. The number of rotatable bonds is 2. The summed E-state index contributed by atoms with van der Waals surface area (Å²) in [6, 6.07) is 4.24. The van der Waals surface area contributed by atoms with Gasteiger partial charge in [0.25, 0.3) is 0 Å². The zero-order valence-corrected chi connectivity index (χ0v) is 12.4. The van der Waals surface area contributed by atoms with Crippen LogP contribution in [-0.4, -0.2) is 23.9 Å². The van der Waals surface area contributed by atoms with E-state index in [1.54, 1.807) is 0 Å². The zero-order chi connectivity index (χ0) is 13.4. The second kappa shape index (κ2) is 5.17. The molecule has 3 nitrogen and oxygen atoms in total. The molecule has 0 spiro atoms. The van der Waals surface area contributed by atoms with Gasteiger partial charge < -0.3 is 5.32 Å². The summed E-state index contributed by atoms with van der Waals surface area (Å²) in [7, 11) is 0. The lowest BCUT2D eigenvalue weighted by molar-refractivity contribution is 0.448. The van der Waals surface area contributed by atoms with Crippen molar-refractivity contribution in [3.8, 4) is 0 Å². The first-order chi connectivity index (χ1) is 9.93. The van der Waals surface area contributed by atoms with Crippen molar-refractivity contribution in [2.75, 3.05) is 13.1 Å². The molecule has 0 aromatic carbocycles. The molecule has 0 unspecified atom stereocenters. The topological polar surface area (TPSA) is 37.3 Å². The van der Waals surface area contributed by atoms with Gasteiger partial charge in [0, 0.05) is 28.6 Å². The summed E-state index contributed by atoms with van der Waals surface area (Å²) < 4.78 is 0. The average molecular weight is 285 g/mol. The Balaban J connectivity index is 1.87. The standard InChI is InChI=1S/C16H19N3S/c1-2-5-11(6-3-1)14-13(15-17-9-10-18-15)12-7-4-8-19-16(12)20-14/h4,7-8,11H,1-3,5-6,9-10H2,(H,17,18). The number of nitrogens with zero attached hydrogens (tertiary/aromatic N) is 2. The Morgan fingerprint density at radius 3 is 2.90 bits per heavy atom. The van der Waals surface area contributed by atoms with E-state index in [0.29, 0.717) is 5.92 Å². The van der Waals surface area contributed by atoms with E-state index < -0.39 is 0 Å². The quantitative estimate of drug-likeness (QED) is 0.913. The maximum atomic E-state index is 4.67. The summed E-state index contributed by atoms with van der Waals surface area (Å²) in [5, 5.41) is 4.74. The first kappa shape index (κ1) is 12.3. The molecule has 104 valence electrons. The van der Waals surface area contributed by atoms with Gasteiger partial charge >= 0.3 is 0 Å². The number of nitrogens with one attached hydrogen (secondary N) is 1. The number of pyridine rings is 1. The minimum Gasteiger partial charge on any atom is -0.368 e. The lowest BCUT2D eigenvalue weighted by Crippen LogP contribution is -2.21. The third-order valence-corrected chi connectivity index (χ3v) is 5.66. The van der Waals surface area contributed by atoms with Crippen LogP contribution in [-0.2, 0) is 0 Å². The molecule has 2 aromatic heterocycles. The molecule has 1 aliphatic heterocycles. The predicted molar refractivity (Wildman–Crippen MR) is 84.9 cm³/mol. The van der Waals surface area contributed by atoms with Crippen molar-refractivity contribution in [2.45, 2.75) is 38.0 Å². The minimum atomic E-state index is 0.711. The maximum absolute atomic E-state index is 4.67. The molecule has 0 bridgehead atoms. The highest BCUT2D eigenvalue weighted by Crippen LogP contribution is 2.41. The fourth-order valence-corrected chi connectivity index (χ4v) is 4.73. The van der Waals surface area contributed by atoms with Crippen molar-refractivity contribution in [1.29, 1.82) is 0 Å². The number of hydrogen-bond acceptors (Lipinski definition) is 4. The molecular weight excluding hydrogens is 266 g/mol. The van der Waals surface area contributed by atoms with Crippen molar-refractivity contribution < 1.29 is 0 Å². The van der Waals surface area contributed by atoms with Gasteiger partial charge in [-0.2, -0.15) is 0 Å². The fourth-order valence-electron chi connectivity index (χ4n) is 3.41. The normalized spacial score (nSPS) is 20.1. The van der Waals surface area contributed by atoms with Crippen LogP contribution in [0.15, 0.2) is 23.3 Å². The average Bonchev–Trinajstić information content (AvgIpc) is 3.14. The van der Waals surface area contributed by atoms with Gasteiger partial charge in [0.05, 0.1) is 6.54 Å². The highest BCUT2D eigenvalue weighted by Gasteiger charge is 2.26. The van der Waals surface area contributed by atoms with Crippen molar-refractivity contribution in [2.24, 2.45) is 4.99 Å². The molecule has 0 saturated heterocycles. The van der Waals surface area contributed by atoms with Gasteiger partial charge in [-0.1, -0.05) is 19.3 Å². The van der Waals surface area contributed by atoms with E-state index in [1.807, 2.05) is 23.6 Å². The molecule has 0 amide bonds. The third-order valence-electron chi connectivity index (χ3n) is 4.38. The van der Waals surface area contributed by atoms with Crippen LogP contribution in [0.3, 0.4) is 0 Å². The number of aromatic nitrogens is 1. The summed E-state index contributed by atoms with van der Waals surface area (Å²) in [4.78, 5) is 11.9. The fraction of sp³-hybridized carbons (Fsp3) is 0.500. The smallest absolute Gasteiger partial charge is 0.130 e. The number of fused-ring (bicyclic) bond motifs is 1. The van der Waals surface area contributed by atoms with Crippen LogP contribution in [0.1, 0.15) is 48.5 Å². The molecule has 1 saturated carbocycles. The second-order valence-corrected chi connectivity index (χ2v) is 6.72. The highest BCUT2D eigenvalue weighted by atomic mass is 32.1. The summed E-state index contributed by atoms with van der Waals surface area (Å²) in [5.74, 6) is 1.81. The first-order valence-electron chi connectivity index (χ1n) is 7.59. The SMILES string of the molecule is c1cnc2sc(C3CCCCC3)c(C3=NCCN3)c2c1. The van der Waals surface area contributed by atoms with E-state index in [9.17, 15) is 0 Å². The first-order valence-corrected chi connectivity index (χ1v) is 8.41. The highest BCUT2D eigenvalue weighted by molar-refractivity contribution is 7.19. The van der Waals surface area contributed by atoms with E-state index in [1.165, 1.54) is 52.8 Å². The molecule has 20 heavy (non-hydrogen) atoms. The summed E-state index contributed by atoms with van der Waals surface area (Å²) in [5.41, 5.74) is 1.35. The molecule has 3 heterocycles. The molecule has 0 atom stereocenters. The van der Waals surface area contributed by atoms with Gasteiger partial charge in [-0.15, -0.1) is 11.3 Å². The third kappa shape index (κ3) is 2.03. The Morgan fingerprint density at radius 2 is 2.10 bits per heavy atom. The van der Waals surface area contributed by atoms with Crippen LogP contribution in [0.5, 0.6) is 0 Å². The van der Waals surface area contributed by atoms with Gasteiger partial charge in [0.15, 0.2) is 0 Å². The molecule has 4 heteroatoms. The molecule has 4 rings (SSSR count). The van der Waals surface area contributed by atoms with E-state index >= 15 is 0 Å². The van der Waals surface area contributed by atoms with Gasteiger partial charge in [-0.05, 0) is 30.9 Å². The minimum absolute atomic E-state index is 0.711. The Labute approximate surface area is 123 Å². The van der Waals surface area contributed by atoms with E-state index in [2.05, 4.69) is 21.4 Å². The number of thiophene rings is 1. The second-order valence-electron chi connectivity index (χ2n) is 5.69. The largest absolute Gasteiger partial charge is 0.368 e. The Morgan fingerprint density at radius 1 is 1.20 bits per heavy atom. The molecule has 0 radical (unpaired) electrons. The van der Waals surface area contributed by atoms with Crippen molar-refractivity contribution in [3.05, 3.63) is 28.8 Å². The molecule has 1 aliphatic carbocycles. The van der Waals surface area contributed by atoms with Crippen LogP contribution >= 0.6 is 11.3 Å². The van der Waals surface area contributed by atoms with Crippen LogP contribution in [0.2, 0.25) is 0 Å². The molecule has 1 fully saturated rings. The lowest BCUT2D eigenvalue weighted by atomic mass is 9.86. The van der Waals surface area contributed by atoms with Crippen molar-refractivity contribution in [1.82, 2.24) is 10.3 Å². The van der Waals surface area contributed by atoms with Gasteiger partial charge in [0.2, 0.25) is 0 Å². The van der Waals surface area contributed by atoms with Crippen LogP contribution in [0.4, 0.5) is 0 Å². The van der Waals surface area contributed by atoms with Crippen LogP contribution < -0.4 is 5.32 Å². The van der Waals surface area contributed by atoms with Gasteiger partial charge in [0.1, 0.15) is 10.7 Å². The zero-order valence-electron chi connectivity index (χ0n) is 11.6. The predicted octanol–water partition coefficient (Wildman–Crippen LogP) is 3.69. The van der Waals surface area contributed by atoms with E-state index in [0.717, 1.165) is 18.9 Å². The lowest BCUT2D eigenvalue weighted by Gasteiger charge is -2.21. The summed E-state index contributed by atoms with van der Waals surface area (Å²) in [6.45, 7) is 1.87. The Kier molecular flexibility index (Phi) is 3.19. The molecule has 2 aliphatic rings. The number of hydrogen-bond donors (Lipinski definition) is 1. The summed E-state index contributed by atoms with van der Waals surface area (Å²) >= 11 is 1.89. The Hall–Kier alpha value is -1.42. The monoisotopic (exact) mass is 285 g/mol. The van der Waals surface area contributed by atoms with E-state index in [-0.39, 0.29) is 0 Å². The van der Waals surface area contributed by atoms with Crippen molar-refractivity contribution >= 4 is 27.4 Å². The Bertz CT molecular complexity index is 653. The molecular formula is C16H19N3S. The van der Waals surface area contributed by atoms with Gasteiger partial charge in [-0.3, -0.25) is 4.99 Å². The van der Waals surface area contributed by atoms with Crippen LogP contribution in [0, 0.1) is 0 Å². The van der Waals surface area contributed by atoms with Crippen molar-refractivity contribution in [3.63, 3.8) is 0 Å². The van der Waals surface area contributed by atoms with Gasteiger partial charge in [-0.25, -0.2) is 4.98 Å². The number of aliphatic imine (C=N–C) groups is 1. The molecule has 2 aromatic rings. The number of amidine groups is 1.